The Morgan fingerprint density at radius 1 is 0.935 bits per heavy atom. The summed E-state index contributed by atoms with van der Waals surface area (Å²) in [5, 5.41) is 3.21. The van der Waals surface area contributed by atoms with Crippen LogP contribution in [0.4, 0.5) is 22.0 Å². The molecule has 1 amide bonds. The average molecular weight is 461 g/mol. The second-order valence-corrected chi connectivity index (χ2v) is 8.61. The largest absolute Gasteiger partial charge is 0.271 e. The molecule has 1 saturated heterocycles. The molecule has 0 bridgehead atoms. The fourth-order valence-electron chi connectivity index (χ4n) is 3.01. The Balaban J connectivity index is 1.79. The van der Waals surface area contributed by atoms with E-state index in [0.29, 0.717) is 13.1 Å². The van der Waals surface area contributed by atoms with Crippen LogP contribution in [0.2, 0.25) is 0 Å². The van der Waals surface area contributed by atoms with Crippen LogP contribution in [0.1, 0.15) is 35.2 Å². The van der Waals surface area contributed by atoms with E-state index in [-0.39, 0.29) is 16.7 Å². The van der Waals surface area contributed by atoms with E-state index < -0.39 is 50.6 Å². The molecule has 1 N–H and O–H groups in total. The summed E-state index contributed by atoms with van der Waals surface area (Å²) in [6.07, 6.45) is 2.65. The van der Waals surface area contributed by atoms with Gasteiger partial charge in [0.15, 0.2) is 23.3 Å². The van der Waals surface area contributed by atoms with Gasteiger partial charge in [-0.1, -0.05) is 12.5 Å². The Morgan fingerprint density at radius 3 is 2.13 bits per heavy atom. The van der Waals surface area contributed by atoms with Crippen molar-refractivity contribution in [3.05, 3.63) is 64.5 Å². The zero-order chi connectivity index (χ0) is 22.8. The highest BCUT2D eigenvalue weighted by Gasteiger charge is 2.27. The third-order valence-electron chi connectivity index (χ3n) is 4.65. The third kappa shape index (κ3) is 4.59. The number of nitrogens with one attached hydrogen (secondary N) is 1. The number of nitrogens with zero attached hydrogens (tertiary/aromatic N) is 2. The maximum Gasteiger partial charge on any atom is 0.271 e. The predicted octanol–water partition coefficient (Wildman–Crippen LogP) is 3.32. The molecule has 2 aromatic rings. The molecule has 0 unspecified atom stereocenters. The van der Waals surface area contributed by atoms with Crippen LogP contribution < -0.4 is 5.43 Å². The Morgan fingerprint density at radius 2 is 1.52 bits per heavy atom. The molecule has 0 atom stereocenters. The van der Waals surface area contributed by atoms with Crippen LogP contribution >= 0.6 is 0 Å². The zero-order valence-corrected chi connectivity index (χ0v) is 16.7. The molecule has 0 spiro atoms. The highest BCUT2D eigenvalue weighted by atomic mass is 32.2. The van der Waals surface area contributed by atoms with Crippen LogP contribution in [-0.4, -0.2) is 37.9 Å². The monoisotopic (exact) mass is 461 g/mol. The number of rotatable bonds is 5. The number of amides is 1. The van der Waals surface area contributed by atoms with Crippen molar-refractivity contribution in [3.63, 3.8) is 0 Å². The topological polar surface area (TPSA) is 78.8 Å². The van der Waals surface area contributed by atoms with E-state index in [9.17, 15) is 35.2 Å². The average Bonchev–Trinajstić information content (AvgIpc) is 2.79. The summed E-state index contributed by atoms with van der Waals surface area (Å²) in [5.74, 6) is -11.8. The van der Waals surface area contributed by atoms with E-state index in [1.54, 1.807) is 0 Å². The summed E-state index contributed by atoms with van der Waals surface area (Å²) in [6.45, 7) is 0.732. The fraction of sp³-hybridized carbons (Fsp3) is 0.263. The van der Waals surface area contributed by atoms with Gasteiger partial charge in [-0.3, -0.25) is 4.79 Å². The number of hydrogen-bond acceptors (Lipinski definition) is 4. The quantitative estimate of drug-likeness (QED) is 0.244. The van der Waals surface area contributed by atoms with Gasteiger partial charge < -0.3 is 0 Å². The molecule has 1 aliphatic rings. The van der Waals surface area contributed by atoms with Crippen LogP contribution in [0.25, 0.3) is 0 Å². The summed E-state index contributed by atoms with van der Waals surface area (Å²) in [6, 6.07) is 5.03. The predicted molar refractivity (Wildman–Crippen MR) is 100 cm³/mol. The molecule has 1 heterocycles. The van der Waals surface area contributed by atoms with Crippen LogP contribution in [-0.2, 0) is 10.0 Å². The minimum atomic E-state index is -3.81. The van der Waals surface area contributed by atoms with Crippen molar-refractivity contribution in [2.75, 3.05) is 13.1 Å². The molecule has 0 aliphatic carbocycles. The smallest absolute Gasteiger partial charge is 0.267 e. The van der Waals surface area contributed by atoms with Crippen molar-refractivity contribution in [2.24, 2.45) is 5.10 Å². The normalized spacial score (nSPS) is 15.4. The molecular formula is C19H16F5N3O3S. The van der Waals surface area contributed by atoms with E-state index in [1.165, 1.54) is 22.5 Å². The van der Waals surface area contributed by atoms with E-state index in [1.807, 2.05) is 5.43 Å². The molecule has 3 rings (SSSR count). The molecule has 0 radical (unpaired) electrons. The summed E-state index contributed by atoms with van der Waals surface area (Å²) >= 11 is 0. The first-order valence-electron chi connectivity index (χ1n) is 9.09. The van der Waals surface area contributed by atoms with Crippen LogP contribution in [0.3, 0.4) is 0 Å². The van der Waals surface area contributed by atoms with Gasteiger partial charge >= 0.3 is 0 Å². The Kier molecular flexibility index (Phi) is 6.70. The van der Waals surface area contributed by atoms with Gasteiger partial charge in [-0.25, -0.2) is 35.8 Å². The molecule has 12 heteroatoms. The Bertz CT molecular complexity index is 1120. The minimum Gasteiger partial charge on any atom is -0.267 e. The molecule has 0 saturated carbocycles. The molecule has 1 fully saturated rings. The third-order valence-corrected chi connectivity index (χ3v) is 6.55. The van der Waals surface area contributed by atoms with E-state index in [4.69, 9.17) is 0 Å². The van der Waals surface area contributed by atoms with Crippen molar-refractivity contribution >= 4 is 22.1 Å². The lowest BCUT2D eigenvalue weighted by molar-refractivity contribution is 0.0955. The maximum absolute atomic E-state index is 13.6. The number of hydrazone groups is 1. The second kappa shape index (κ2) is 9.10. The number of hydrogen-bond donors (Lipinski definition) is 1. The zero-order valence-electron chi connectivity index (χ0n) is 15.8. The molecule has 0 aromatic heterocycles. The first-order valence-corrected chi connectivity index (χ1v) is 10.5. The number of piperidine rings is 1. The summed E-state index contributed by atoms with van der Waals surface area (Å²) in [5.41, 5.74) is 0.397. The van der Waals surface area contributed by atoms with Gasteiger partial charge in [0.2, 0.25) is 15.8 Å². The minimum absolute atomic E-state index is 0.120. The van der Waals surface area contributed by atoms with Gasteiger partial charge in [0.25, 0.3) is 5.91 Å². The van der Waals surface area contributed by atoms with Gasteiger partial charge in [0.05, 0.1) is 16.7 Å². The van der Waals surface area contributed by atoms with Crippen LogP contribution in [0.5, 0.6) is 0 Å². The van der Waals surface area contributed by atoms with Gasteiger partial charge in [0.1, 0.15) is 0 Å². The molecule has 1 aliphatic heterocycles. The molecule has 2 aromatic carbocycles. The number of carbonyl (C=O) groups excluding carboxylic acids is 1. The van der Waals surface area contributed by atoms with Crippen molar-refractivity contribution in [1.29, 1.82) is 0 Å². The Hall–Kier alpha value is -2.86. The lowest BCUT2D eigenvalue weighted by Gasteiger charge is -2.25. The summed E-state index contributed by atoms with van der Waals surface area (Å²) in [7, 11) is -3.81. The standard InChI is InChI=1S/C19H16F5N3O3S/c20-14-13(15(21)17(23)18(24)16(14)22)10-25-26-19(28)11-5-4-6-12(9-11)31(29,30)27-7-2-1-3-8-27/h4-6,9-10H,1-3,7-8H2,(H,26,28). The van der Waals surface area contributed by atoms with E-state index >= 15 is 0 Å². The van der Waals surface area contributed by atoms with Gasteiger partial charge in [-0.2, -0.15) is 9.41 Å². The highest BCUT2D eigenvalue weighted by Crippen LogP contribution is 2.22. The van der Waals surface area contributed by atoms with Crippen molar-refractivity contribution in [1.82, 2.24) is 9.73 Å². The van der Waals surface area contributed by atoms with Crippen molar-refractivity contribution in [3.8, 4) is 0 Å². The first kappa shape index (κ1) is 22.8. The van der Waals surface area contributed by atoms with Gasteiger partial charge in [-0.15, -0.1) is 0 Å². The SMILES string of the molecule is O=C(NN=Cc1c(F)c(F)c(F)c(F)c1F)c1cccc(S(=O)(=O)N2CCCCC2)c1. The molecule has 166 valence electrons. The van der Waals surface area contributed by atoms with Gasteiger partial charge in [-0.05, 0) is 31.0 Å². The molecular weight excluding hydrogens is 445 g/mol. The van der Waals surface area contributed by atoms with Crippen molar-refractivity contribution in [2.45, 2.75) is 24.2 Å². The molecule has 6 nitrogen and oxygen atoms in total. The van der Waals surface area contributed by atoms with E-state index in [0.717, 1.165) is 25.3 Å². The van der Waals surface area contributed by atoms with Crippen molar-refractivity contribution < 1.29 is 35.2 Å². The number of sulfonamides is 1. The van der Waals surface area contributed by atoms with Crippen LogP contribution in [0, 0.1) is 29.1 Å². The lowest BCUT2D eigenvalue weighted by atomic mass is 10.2. The number of carbonyl (C=O) groups is 1. The Labute approximate surface area is 174 Å². The number of benzene rings is 2. The lowest BCUT2D eigenvalue weighted by Crippen LogP contribution is -2.35. The van der Waals surface area contributed by atoms with Gasteiger partial charge in [0, 0.05) is 18.7 Å². The fourth-order valence-corrected chi connectivity index (χ4v) is 4.57. The summed E-state index contributed by atoms with van der Waals surface area (Å²) < 4.78 is 93.4. The second-order valence-electron chi connectivity index (χ2n) is 6.68. The number of halogens is 5. The maximum atomic E-state index is 13.6. The highest BCUT2D eigenvalue weighted by molar-refractivity contribution is 7.89. The summed E-state index contributed by atoms with van der Waals surface area (Å²) in [4.78, 5) is 12.1. The van der Waals surface area contributed by atoms with Crippen LogP contribution in [0.15, 0.2) is 34.3 Å². The van der Waals surface area contributed by atoms with E-state index in [2.05, 4.69) is 5.10 Å². The first-order chi connectivity index (χ1) is 14.6. The molecule has 31 heavy (non-hydrogen) atoms.